The summed E-state index contributed by atoms with van der Waals surface area (Å²) in [6, 6.07) is 9.48. The van der Waals surface area contributed by atoms with Gasteiger partial charge in [0.2, 0.25) is 5.91 Å². The molecule has 3 aromatic rings. The van der Waals surface area contributed by atoms with Crippen molar-refractivity contribution in [2.45, 2.75) is 12.6 Å². The first-order chi connectivity index (χ1) is 15.1. The summed E-state index contributed by atoms with van der Waals surface area (Å²) in [6.45, 7) is 0. The predicted molar refractivity (Wildman–Crippen MR) is 115 cm³/mol. The van der Waals surface area contributed by atoms with E-state index >= 15 is 0 Å². The lowest BCUT2D eigenvalue weighted by Gasteiger charge is -2.16. The summed E-state index contributed by atoms with van der Waals surface area (Å²) in [5, 5.41) is 3.94. The molecule has 3 rings (SSSR count). The zero-order chi connectivity index (χ0) is 23.3. The summed E-state index contributed by atoms with van der Waals surface area (Å²) in [4.78, 5) is 27.7. The average molecular weight is 485 g/mol. The second-order valence-corrected chi connectivity index (χ2v) is 6.53. The first kappa shape index (κ1) is 25.4. The molecule has 0 spiro atoms. The number of halogens is 5. The molecular weight excluding hydrogens is 468 g/mol. The first-order valence-electron chi connectivity index (χ1n) is 9.06. The molecule has 174 valence electrons. The number of aromatic nitrogens is 1. The Morgan fingerprint density at radius 2 is 1.67 bits per heavy atom. The minimum absolute atomic E-state index is 0. The molecule has 4 N–H and O–H groups in total. The molecule has 33 heavy (non-hydrogen) atoms. The SMILES string of the molecule is Cl.Nc1cc(Oc2ccc(NC(=O)NC(=O)Cc3ccc(F)cc3)c(C(F)(F)F)c2)ccn1. The molecular formula is C21H17ClF4N4O3. The van der Waals surface area contributed by atoms with Gasteiger partial charge in [-0.1, -0.05) is 12.1 Å². The summed E-state index contributed by atoms with van der Waals surface area (Å²) in [5.41, 5.74) is 4.18. The van der Waals surface area contributed by atoms with E-state index in [0.29, 0.717) is 11.6 Å². The highest BCUT2D eigenvalue weighted by atomic mass is 35.5. The highest BCUT2D eigenvalue weighted by molar-refractivity contribution is 6.02. The molecule has 0 radical (unpaired) electrons. The maximum absolute atomic E-state index is 13.5. The van der Waals surface area contributed by atoms with Crippen LogP contribution in [-0.4, -0.2) is 16.9 Å². The molecule has 0 aliphatic carbocycles. The van der Waals surface area contributed by atoms with Crippen LogP contribution in [0, 0.1) is 5.82 Å². The zero-order valence-corrected chi connectivity index (χ0v) is 17.5. The monoisotopic (exact) mass is 484 g/mol. The van der Waals surface area contributed by atoms with Crippen molar-refractivity contribution in [3.63, 3.8) is 0 Å². The van der Waals surface area contributed by atoms with Crippen molar-refractivity contribution in [1.29, 1.82) is 0 Å². The summed E-state index contributed by atoms with van der Waals surface area (Å²) < 4.78 is 58.8. The minimum Gasteiger partial charge on any atom is -0.457 e. The maximum atomic E-state index is 13.5. The minimum atomic E-state index is -4.82. The summed E-state index contributed by atoms with van der Waals surface area (Å²) >= 11 is 0. The van der Waals surface area contributed by atoms with Gasteiger partial charge in [0.1, 0.15) is 23.1 Å². The van der Waals surface area contributed by atoms with Gasteiger partial charge in [-0.05, 0) is 42.0 Å². The number of benzene rings is 2. The van der Waals surface area contributed by atoms with Crippen LogP contribution in [0.15, 0.2) is 60.8 Å². The lowest BCUT2D eigenvalue weighted by atomic mass is 10.1. The molecule has 1 aromatic heterocycles. The third kappa shape index (κ3) is 7.35. The number of imide groups is 1. The Morgan fingerprint density at radius 1 is 1.00 bits per heavy atom. The molecule has 12 heteroatoms. The molecule has 0 unspecified atom stereocenters. The maximum Gasteiger partial charge on any atom is 0.418 e. The van der Waals surface area contributed by atoms with Gasteiger partial charge in [0.05, 0.1) is 17.7 Å². The van der Waals surface area contributed by atoms with Gasteiger partial charge in [-0.25, -0.2) is 14.2 Å². The molecule has 0 saturated heterocycles. The fourth-order valence-electron chi connectivity index (χ4n) is 2.67. The van der Waals surface area contributed by atoms with E-state index in [-0.39, 0.29) is 36.1 Å². The van der Waals surface area contributed by atoms with E-state index in [1.54, 1.807) is 0 Å². The molecule has 3 amide bonds. The Hall–Kier alpha value is -3.86. The van der Waals surface area contributed by atoms with E-state index in [1.165, 1.54) is 36.5 Å². The Bertz CT molecular complexity index is 1140. The Kier molecular flexibility index (Phi) is 8.19. The second kappa shape index (κ2) is 10.6. The molecule has 0 bridgehead atoms. The van der Waals surface area contributed by atoms with Crippen LogP contribution in [-0.2, 0) is 17.4 Å². The van der Waals surface area contributed by atoms with Crippen molar-refractivity contribution in [2.75, 3.05) is 11.1 Å². The van der Waals surface area contributed by atoms with Gasteiger partial charge in [-0.3, -0.25) is 10.1 Å². The van der Waals surface area contributed by atoms with Crippen molar-refractivity contribution in [2.24, 2.45) is 0 Å². The smallest absolute Gasteiger partial charge is 0.418 e. The van der Waals surface area contributed by atoms with Crippen LogP contribution in [0.1, 0.15) is 11.1 Å². The summed E-state index contributed by atoms with van der Waals surface area (Å²) in [5.74, 6) is -1.13. The summed E-state index contributed by atoms with van der Waals surface area (Å²) in [7, 11) is 0. The standard InChI is InChI=1S/C21H16F4N4O3.ClH/c22-13-3-1-12(2-4-13)9-19(30)29-20(31)28-17-6-5-14(10-16(17)21(23,24)25)32-15-7-8-27-18(26)11-15;/h1-8,10-11H,9H2,(H2,26,27)(H2,28,29,30,31);1H. The van der Waals surface area contributed by atoms with Gasteiger partial charge in [0, 0.05) is 12.3 Å². The first-order valence-corrected chi connectivity index (χ1v) is 9.06. The van der Waals surface area contributed by atoms with E-state index in [0.717, 1.165) is 18.2 Å². The number of nitrogens with zero attached hydrogens (tertiary/aromatic N) is 1. The Morgan fingerprint density at radius 3 is 2.30 bits per heavy atom. The number of urea groups is 1. The van der Waals surface area contributed by atoms with E-state index in [1.807, 2.05) is 10.6 Å². The van der Waals surface area contributed by atoms with E-state index in [2.05, 4.69) is 4.98 Å². The molecule has 0 fully saturated rings. The van der Waals surface area contributed by atoms with Crippen LogP contribution in [0.4, 0.5) is 33.9 Å². The van der Waals surface area contributed by atoms with Crippen LogP contribution < -0.4 is 21.1 Å². The van der Waals surface area contributed by atoms with Crippen molar-refractivity contribution < 1.29 is 31.9 Å². The number of rotatable bonds is 5. The van der Waals surface area contributed by atoms with Crippen molar-refractivity contribution in [3.05, 3.63) is 77.7 Å². The highest BCUT2D eigenvalue weighted by Gasteiger charge is 2.34. The molecule has 2 aromatic carbocycles. The topological polar surface area (TPSA) is 106 Å². The third-order valence-corrected chi connectivity index (χ3v) is 4.06. The fourth-order valence-corrected chi connectivity index (χ4v) is 2.67. The number of amides is 3. The largest absolute Gasteiger partial charge is 0.457 e. The van der Waals surface area contributed by atoms with Crippen LogP contribution in [0.5, 0.6) is 11.5 Å². The van der Waals surface area contributed by atoms with E-state index in [4.69, 9.17) is 10.5 Å². The quantitative estimate of drug-likeness (QED) is 0.445. The molecule has 0 saturated carbocycles. The number of nitrogens with two attached hydrogens (primary N) is 1. The normalized spacial score (nSPS) is 10.7. The van der Waals surface area contributed by atoms with Gasteiger partial charge in [0.15, 0.2) is 0 Å². The number of anilines is 2. The summed E-state index contributed by atoms with van der Waals surface area (Å²) in [6.07, 6.45) is -3.75. The van der Waals surface area contributed by atoms with Gasteiger partial charge in [-0.15, -0.1) is 12.4 Å². The van der Waals surface area contributed by atoms with Crippen molar-refractivity contribution in [1.82, 2.24) is 10.3 Å². The Balaban J connectivity index is 0.00000385. The van der Waals surface area contributed by atoms with Crippen LogP contribution in [0.2, 0.25) is 0 Å². The predicted octanol–water partition coefficient (Wildman–Crippen LogP) is 4.93. The number of carbonyl (C=O) groups excluding carboxylic acids is 2. The molecule has 0 atom stereocenters. The van der Waals surface area contributed by atoms with Crippen molar-refractivity contribution >= 4 is 35.9 Å². The average Bonchev–Trinajstić information content (AvgIpc) is 2.70. The highest BCUT2D eigenvalue weighted by Crippen LogP contribution is 2.38. The second-order valence-electron chi connectivity index (χ2n) is 6.53. The molecule has 7 nitrogen and oxygen atoms in total. The lowest BCUT2D eigenvalue weighted by Crippen LogP contribution is -2.35. The number of hydrogen-bond acceptors (Lipinski definition) is 5. The zero-order valence-electron chi connectivity index (χ0n) is 16.7. The molecule has 0 aliphatic rings. The number of alkyl halides is 3. The molecule has 0 aliphatic heterocycles. The number of ether oxygens (including phenoxy) is 1. The number of pyridine rings is 1. The molecule has 1 heterocycles. The van der Waals surface area contributed by atoms with Crippen molar-refractivity contribution in [3.8, 4) is 11.5 Å². The van der Waals surface area contributed by atoms with Crippen LogP contribution >= 0.6 is 12.4 Å². The van der Waals surface area contributed by atoms with Gasteiger partial charge < -0.3 is 15.8 Å². The fraction of sp³-hybridized carbons (Fsp3) is 0.0952. The van der Waals surface area contributed by atoms with E-state index in [9.17, 15) is 27.2 Å². The van der Waals surface area contributed by atoms with Crippen LogP contribution in [0.25, 0.3) is 0 Å². The van der Waals surface area contributed by atoms with Gasteiger partial charge in [-0.2, -0.15) is 13.2 Å². The van der Waals surface area contributed by atoms with Gasteiger partial charge >= 0.3 is 12.2 Å². The number of nitrogen functional groups attached to an aromatic ring is 1. The lowest BCUT2D eigenvalue weighted by molar-refractivity contribution is -0.137. The Labute approximate surface area is 191 Å². The number of hydrogen-bond donors (Lipinski definition) is 3. The van der Waals surface area contributed by atoms with Crippen LogP contribution in [0.3, 0.4) is 0 Å². The third-order valence-electron chi connectivity index (χ3n) is 4.06. The number of carbonyl (C=O) groups is 2. The number of nitrogens with one attached hydrogen (secondary N) is 2. The van der Waals surface area contributed by atoms with Gasteiger partial charge in [0.25, 0.3) is 0 Å². The van der Waals surface area contributed by atoms with E-state index < -0.39 is 35.2 Å².